The molecular formula is C16H14N2O2. The molecule has 0 radical (unpaired) electrons. The zero-order valence-corrected chi connectivity index (χ0v) is 11.0. The number of hydrogen-bond donors (Lipinski definition) is 1. The minimum Gasteiger partial charge on any atom is -0.497 e. The summed E-state index contributed by atoms with van der Waals surface area (Å²) in [4.78, 5) is 8.44. The fourth-order valence-electron chi connectivity index (χ4n) is 2.19. The Hall–Kier alpha value is -2.46. The molecule has 0 fully saturated rings. The largest absolute Gasteiger partial charge is 0.497 e. The van der Waals surface area contributed by atoms with E-state index < -0.39 is 6.10 Å². The lowest BCUT2D eigenvalue weighted by Gasteiger charge is -2.13. The third-order valence-electron chi connectivity index (χ3n) is 3.26. The molecule has 0 saturated heterocycles. The van der Waals surface area contributed by atoms with Gasteiger partial charge in [0.25, 0.3) is 0 Å². The second-order valence-electron chi connectivity index (χ2n) is 4.45. The molecule has 20 heavy (non-hydrogen) atoms. The van der Waals surface area contributed by atoms with Crippen LogP contribution in [0.25, 0.3) is 10.9 Å². The molecule has 1 aromatic heterocycles. The van der Waals surface area contributed by atoms with Crippen LogP contribution in [0.5, 0.6) is 5.75 Å². The lowest BCUT2D eigenvalue weighted by atomic mass is 10.0. The lowest BCUT2D eigenvalue weighted by molar-refractivity contribution is 0.217. The highest BCUT2D eigenvalue weighted by molar-refractivity contribution is 5.81. The second kappa shape index (κ2) is 5.27. The van der Waals surface area contributed by atoms with Gasteiger partial charge >= 0.3 is 0 Å². The Bertz CT molecular complexity index is 721. The Balaban J connectivity index is 2.05. The van der Waals surface area contributed by atoms with Crippen molar-refractivity contribution in [1.82, 2.24) is 9.97 Å². The number of methoxy groups -OCH3 is 1. The minimum absolute atomic E-state index is 0.612. The molecule has 0 amide bonds. The smallest absolute Gasteiger partial charge is 0.122 e. The Kier molecular flexibility index (Phi) is 3.31. The van der Waals surface area contributed by atoms with Crippen molar-refractivity contribution in [2.24, 2.45) is 0 Å². The maximum atomic E-state index is 10.5. The van der Waals surface area contributed by atoms with Crippen molar-refractivity contribution in [1.29, 1.82) is 0 Å². The maximum absolute atomic E-state index is 10.5. The summed E-state index contributed by atoms with van der Waals surface area (Å²) in [6.07, 6.45) is 0.693. The molecule has 2 aromatic carbocycles. The Morgan fingerprint density at radius 3 is 2.50 bits per heavy atom. The van der Waals surface area contributed by atoms with E-state index in [4.69, 9.17) is 4.74 Å². The number of rotatable bonds is 3. The van der Waals surface area contributed by atoms with Crippen LogP contribution < -0.4 is 4.74 Å². The predicted molar refractivity (Wildman–Crippen MR) is 76.6 cm³/mol. The number of ether oxygens (including phenoxy) is 1. The molecule has 100 valence electrons. The standard InChI is InChI=1S/C16H14N2O2/c1-20-12-8-6-11(7-9-12)16(19)15-13-4-2-3-5-14(13)17-10-18-15/h2-10,16,19H,1H3. The third-order valence-corrected chi connectivity index (χ3v) is 3.26. The van der Waals surface area contributed by atoms with Gasteiger partial charge in [0, 0.05) is 5.39 Å². The van der Waals surface area contributed by atoms with Crippen molar-refractivity contribution < 1.29 is 9.84 Å². The van der Waals surface area contributed by atoms with Gasteiger partial charge in [-0.3, -0.25) is 0 Å². The highest BCUT2D eigenvalue weighted by atomic mass is 16.5. The molecule has 0 bridgehead atoms. The van der Waals surface area contributed by atoms with Crippen molar-refractivity contribution in [3.63, 3.8) is 0 Å². The van der Waals surface area contributed by atoms with E-state index in [0.717, 1.165) is 22.2 Å². The number of benzene rings is 2. The quantitative estimate of drug-likeness (QED) is 0.792. The average Bonchev–Trinajstić information content (AvgIpc) is 2.54. The van der Waals surface area contributed by atoms with Crippen LogP contribution >= 0.6 is 0 Å². The fraction of sp³-hybridized carbons (Fsp3) is 0.125. The number of para-hydroxylation sites is 1. The molecule has 1 unspecified atom stereocenters. The molecule has 1 atom stereocenters. The van der Waals surface area contributed by atoms with Crippen LogP contribution in [0.1, 0.15) is 17.4 Å². The highest BCUT2D eigenvalue weighted by Crippen LogP contribution is 2.27. The van der Waals surface area contributed by atoms with Crippen LogP contribution in [0.4, 0.5) is 0 Å². The monoisotopic (exact) mass is 266 g/mol. The van der Waals surface area contributed by atoms with Gasteiger partial charge in [-0.15, -0.1) is 0 Å². The molecule has 0 aliphatic rings. The van der Waals surface area contributed by atoms with E-state index in [1.54, 1.807) is 7.11 Å². The summed E-state index contributed by atoms with van der Waals surface area (Å²) >= 11 is 0. The zero-order chi connectivity index (χ0) is 13.9. The normalized spacial score (nSPS) is 12.3. The Morgan fingerprint density at radius 2 is 1.75 bits per heavy atom. The first-order valence-corrected chi connectivity index (χ1v) is 6.31. The first kappa shape index (κ1) is 12.6. The van der Waals surface area contributed by atoms with E-state index in [1.165, 1.54) is 6.33 Å². The van der Waals surface area contributed by atoms with Crippen LogP contribution in [0.2, 0.25) is 0 Å². The number of aliphatic hydroxyl groups is 1. The molecule has 0 aliphatic carbocycles. The molecule has 3 aromatic rings. The van der Waals surface area contributed by atoms with Gasteiger partial charge in [-0.1, -0.05) is 30.3 Å². The van der Waals surface area contributed by atoms with Gasteiger partial charge in [0.05, 0.1) is 18.3 Å². The summed E-state index contributed by atoms with van der Waals surface area (Å²) in [5.74, 6) is 0.758. The predicted octanol–water partition coefficient (Wildman–Crippen LogP) is 2.72. The number of aromatic nitrogens is 2. The fourth-order valence-corrected chi connectivity index (χ4v) is 2.19. The summed E-state index contributed by atoms with van der Waals surface area (Å²) < 4.78 is 5.12. The number of fused-ring (bicyclic) bond motifs is 1. The van der Waals surface area contributed by atoms with E-state index in [0.29, 0.717) is 5.69 Å². The molecule has 1 heterocycles. The molecule has 4 heteroatoms. The van der Waals surface area contributed by atoms with Crippen LogP contribution in [-0.4, -0.2) is 22.2 Å². The SMILES string of the molecule is COc1ccc(C(O)c2ncnc3ccccc23)cc1. The van der Waals surface area contributed by atoms with Crippen molar-refractivity contribution in [3.05, 3.63) is 66.1 Å². The van der Waals surface area contributed by atoms with Crippen LogP contribution in [-0.2, 0) is 0 Å². The summed E-state index contributed by atoms with van der Waals surface area (Å²) in [6.45, 7) is 0. The van der Waals surface area contributed by atoms with E-state index >= 15 is 0 Å². The van der Waals surface area contributed by atoms with Gasteiger partial charge in [-0.25, -0.2) is 9.97 Å². The summed E-state index contributed by atoms with van der Waals surface area (Å²) in [7, 11) is 1.61. The van der Waals surface area contributed by atoms with Crippen LogP contribution in [0.15, 0.2) is 54.9 Å². The van der Waals surface area contributed by atoms with Crippen molar-refractivity contribution in [2.45, 2.75) is 6.10 Å². The van der Waals surface area contributed by atoms with Gasteiger partial charge in [0.2, 0.25) is 0 Å². The Morgan fingerprint density at radius 1 is 1.00 bits per heavy atom. The number of hydrogen-bond acceptors (Lipinski definition) is 4. The molecule has 0 aliphatic heterocycles. The maximum Gasteiger partial charge on any atom is 0.122 e. The van der Waals surface area contributed by atoms with Crippen molar-refractivity contribution >= 4 is 10.9 Å². The molecule has 1 N–H and O–H groups in total. The second-order valence-corrected chi connectivity index (χ2v) is 4.45. The van der Waals surface area contributed by atoms with E-state index in [-0.39, 0.29) is 0 Å². The molecular weight excluding hydrogens is 252 g/mol. The van der Waals surface area contributed by atoms with Crippen molar-refractivity contribution in [3.8, 4) is 5.75 Å². The van der Waals surface area contributed by atoms with Gasteiger partial charge in [0.15, 0.2) is 0 Å². The highest BCUT2D eigenvalue weighted by Gasteiger charge is 2.15. The molecule has 3 rings (SSSR count). The van der Waals surface area contributed by atoms with Gasteiger partial charge in [-0.2, -0.15) is 0 Å². The molecule has 0 saturated carbocycles. The Labute approximate surface area is 116 Å². The molecule has 4 nitrogen and oxygen atoms in total. The van der Waals surface area contributed by atoms with E-state index in [1.807, 2.05) is 48.5 Å². The summed E-state index contributed by atoms with van der Waals surface area (Å²) in [6, 6.07) is 15.0. The van der Waals surface area contributed by atoms with Crippen molar-refractivity contribution in [2.75, 3.05) is 7.11 Å². The van der Waals surface area contributed by atoms with Gasteiger partial charge in [-0.05, 0) is 23.8 Å². The summed E-state index contributed by atoms with van der Waals surface area (Å²) in [5, 5.41) is 11.4. The van der Waals surface area contributed by atoms with E-state index in [2.05, 4.69) is 9.97 Å². The van der Waals surface area contributed by atoms with Gasteiger partial charge in [0.1, 0.15) is 18.2 Å². The number of nitrogens with zero attached hydrogens (tertiary/aromatic N) is 2. The average molecular weight is 266 g/mol. The third kappa shape index (κ3) is 2.21. The minimum atomic E-state index is -0.784. The number of aliphatic hydroxyl groups excluding tert-OH is 1. The summed E-state index contributed by atoms with van der Waals surface area (Å²) in [5.41, 5.74) is 2.21. The topological polar surface area (TPSA) is 55.2 Å². The van der Waals surface area contributed by atoms with Gasteiger partial charge < -0.3 is 9.84 Å². The van der Waals surface area contributed by atoms with E-state index in [9.17, 15) is 5.11 Å². The van der Waals surface area contributed by atoms with Crippen LogP contribution in [0, 0.1) is 0 Å². The first-order chi connectivity index (χ1) is 9.79. The first-order valence-electron chi connectivity index (χ1n) is 6.31. The van der Waals surface area contributed by atoms with Crippen LogP contribution in [0.3, 0.4) is 0 Å². The lowest BCUT2D eigenvalue weighted by Crippen LogP contribution is -2.04. The zero-order valence-electron chi connectivity index (χ0n) is 11.0. The molecule has 0 spiro atoms.